The molecular formula is C25H23ClO6. The number of benzene rings is 2. The number of fused-ring (bicyclic) bond motifs is 1. The van der Waals surface area contributed by atoms with Crippen molar-refractivity contribution in [1.82, 2.24) is 0 Å². The Labute approximate surface area is 189 Å². The Morgan fingerprint density at radius 1 is 1.12 bits per heavy atom. The van der Waals surface area contributed by atoms with Gasteiger partial charge in [0.25, 0.3) is 0 Å². The predicted molar refractivity (Wildman–Crippen MR) is 120 cm³/mol. The van der Waals surface area contributed by atoms with Crippen LogP contribution in [0.25, 0.3) is 22.3 Å². The summed E-state index contributed by atoms with van der Waals surface area (Å²) in [7, 11) is 0. The fraction of sp³-hybridized carbons (Fsp3) is 0.360. The second kappa shape index (κ2) is 8.60. The van der Waals surface area contributed by atoms with E-state index in [1.807, 2.05) is 18.2 Å². The third-order valence-electron chi connectivity index (χ3n) is 6.17. The number of carboxylic acid groups (broad SMARTS) is 1. The van der Waals surface area contributed by atoms with Crippen molar-refractivity contribution in [3.63, 3.8) is 0 Å². The van der Waals surface area contributed by atoms with Crippen LogP contribution in [0.2, 0.25) is 5.02 Å². The van der Waals surface area contributed by atoms with Crippen molar-refractivity contribution in [1.29, 1.82) is 0 Å². The first-order valence-electron chi connectivity index (χ1n) is 10.8. The Hall–Kier alpha value is -2.83. The smallest absolute Gasteiger partial charge is 0.306 e. The fourth-order valence-electron chi connectivity index (χ4n) is 4.08. The summed E-state index contributed by atoms with van der Waals surface area (Å²) < 4.78 is 17.8. The fourth-order valence-corrected chi connectivity index (χ4v) is 4.29. The first-order chi connectivity index (χ1) is 15.5. The van der Waals surface area contributed by atoms with Gasteiger partial charge in [-0.05, 0) is 61.4 Å². The van der Waals surface area contributed by atoms with Crippen molar-refractivity contribution in [3.05, 3.63) is 63.3 Å². The topological polar surface area (TPSA) is 86.0 Å². The molecule has 0 aliphatic heterocycles. The van der Waals surface area contributed by atoms with E-state index in [9.17, 15) is 9.59 Å². The lowest BCUT2D eigenvalue weighted by Gasteiger charge is -2.32. The highest BCUT2D eigenvalue weighted by atomic mass is 35.5. The molecule has 1 heterocycles. The summed E-state index contributed by atoms with van der Waals surface area (Å²) in [6.07, 6.45) is 3.38. The molecule has 0 amide bonds. The molecule has 5 rings (SSSR count). The second-order valence-corrected chi connectivity index (χ2v) is 8.88. The second-order valence-electron chi connectivity index (χ2n) is 8.47. The Balaban J connectivity index is 1.36. The van der Waals surface area contributed by atoms with Gasteiger partial charge in [0.15, 0.2) is 11.0 Å². The van der Waals surface area contributed by atoms with Crippen LogP contribution in [0, 0.1) is 5.92 Å². The Morgan fingerprint density at radius 2 is 1.94 bits per heavy atom. The van der Waals surface area contributed by atoms with Gasteiger partial charge in [-0.1, -0.05) is 23.7 Å². The van der Waals surface area contributed by atoms with Gasteiger partial charge >= 0.3 is 5.97 Å². The molecule has 0 saturated heterocycles. The van der Waals surface area contributed by atoms with E-state index in [1.54, 1.807) is 18.2 Å². The Kier molecular flexibility index (Phi) is 5.66. The number of rotatable bonds is 8. The molecule has 2 aromatic carbocycles. The minimum Gasteiger partial charge on any atom is -0.490 e. The highest BCUT2D eigenvalue weighted by Gasteiger charge is 2.35. The van der Waals surface area contributed by atoms with E-state index in [0.717, 1.165) is 12.8 Å². The van der Waals surface area contributed by atoms with Crippen LogP contribution in [-0.4, -0.2) is 30.4 Å². The zero-order valence-electron chi connectivity index (χ0n) is 17.4. The Bertz CT molecular complexity index is 1220. The summed E-state index contributed by atoms with van der Waals surface area (Å²) in [4.78, 5) is 23.6. The summed E-state index contributed by atoms with van der Waals surface area (Å²) in [6.45, 7) is 0.672. The molecule has 7 heteroatoms. The average molecular weight is 455 g/mol. The lowest BCUT2D eigenvalue weighted by Crippen LogP contribution is -2.37. The number of aliphatic carboxylic acids is 1. The minimum absolute atomic E-state index is 0.0300. The zero-order valence-corrected chi connectivity index (χ0v) is 18.1. The number of hydrogen-bond donors (Lipinski definition) is 1. The summed E-state index contributed by atoms with van der Waals surface area (Å²) in [5, 5.41) is 9.79. The van der Waals surface area contributed by atoms with Crippen LogP contribution in [0.15, 0.2) is 51.7 Å². The van der Waals surface area contributed by atoms with E-state index in [2.05, 4.69) is 0 Å². The number of hydrogen-bond acceptors (Lipinski definition) is 5. The third-order valence-corrected chi connectivity index (χ3v) is 6.46. The van der Waals surface area contributed by atoms with E-state index in [0.29, 0.717) is 65.0 Å². The number of para-hydroxylation sites is 1. The van der Waals surface area contributed by atoms with Crippen molar-refractivity contribution in [2.24, 2.45) is 5.92 Å². The third kappa shape index (κ3) is 4.25. The summed E-state index contributed by atoms with van der Waals surface area (Å²) in [5.41, 5.74) is 2.08. The molecule has 1 N–H and O–H groups in total. The van der Waals surface area contributed by atoms with Gasteiger partial charge in [-0.25, -0.2) is 0 Å². The van der Waals surface area contributed by atoms with Crippen molar-refractivity contribution in [3.8, 4) is 17.1 Å². The predicted octanol–water partition coefficient (Wildman–Crippen LogP) is 5.25. The lowest BCUT2D eigenvalue weighted by atomic mass is 9.82. The number of carbonyl (C=O) groups is 1. The molecule has 0 radical (unpaired) electrons. The molecule has 2 saturated carbocycles. The molecular weight excluding hydrogens is 432 g/mol. The first kappa shape index (κ1) is 21.0. The van der Waals surface area contributed by atoms with E-state index in [1.165, 1.54) is 11.6 Å². The monoisotopic (exact) mass is 454 g/mol. The number of ether oxygens (including phenoxy) is 2. The van der Waals surface area contributed by atoms with Crippen molar-refractivity contribution in [2.45, 2.75) is 37.7 Å². The molecule has 2 fully saturated rings. The van der Waals surface area contributed by atoms with Crippen LogP contribution in [0.3, 0.4) is 0 Å². The molecule has 1 aromatic heterocycles. The summed E-state index contributed by atoms with van der Waals surface area (Å²) >= 11 is 6.27. The maximum Gasteiger partial charge on any atom is 0.306 e. The number of carboxylic acids is 1. The molecule has 166 valence electrons. The van der Waals surface area contributed by atoms with E-state index < -0.39 is 5.97 Å². The maximum absolute atomic E-state index is 12.6. The van der Waals surface area contributed by atoms with Gasteiger partial charge in [-0.2, -0.15) is 0 Å². The SMILES string of the molecule is O=c1cc(-c2ccc(C3CC3)cc2OCCO[C@H]2C[C@@H](C(=O)O)C2)oc2c(Cl)cccc12. The number of halogens is 1. The minimum atomic E-state index is -0.764. The summed E-state index contributed by atoms with van der Waals surface area (Å²) in [5.74, 6) is 0.510. The quantitative estimate of drug-likeness (QED) is 0.468. The summed E-state index contributed by atoms with van der Waals surface area (Å²) in [6, 6.07) is 12.6. The van der Waals surface area contributed by atoms with E-state index in [-0.39, 0.29) is 17.5 Å². The van der Waals surface area contributed by atoms with Crippen molar-refractivity contribution >= 4 is 28.5 Å². The largest absolute Gasteiger partial charge is 0.490 e. The molecule has 3 aromatic rings. The highest BCUT2D eigenvalue weighted by Crippen LogP contribution is 2.43. The molecule has 0 atom stereocenters. The molecule has 32 heavy (non-hydrogen) atoms. The van der Waals surface area contributed by atoms with Crippen LogP contribution in [0.1, 0.15) is 37.2 Å². The Morgan fingerprint density at radius 3 is 2.69 bits per heavy atom. The van der Waals surface area contributed by atoms with Gasteiger partial charge in [-0.3, -0.25) is 9.59 Å². The van der Waals surface area contributed by atoms with Crippen LogP contribution < -0.4 is 10.2 Å². The van der Waals surface area contributed by atoms with Gasteiger partial charge in [0.2, 0.25) is 0 Å². The first-order valence-corrected chi connectivity index (χ1v) is 11.2. The highest BCUT2D eigenvalue weighted by molar-refractivity contribution is 6.34. The van der Waals surface area contributed by atoms with Crippen molar-refractivity contribution < 1.29 is 23.8 Å². The van der Waals surface area contributed by atoms with Gasteiger partial charge in [0.05, 0.1) is 34.6 Å². The van der Waals surface area contributed by atoms with E-state index in [4.69, 9.17) is 30.6 Å². The van der Waals surface area contributed by atoms with Crippen LogP contribution in [0.5, 0.6) is 5.75 Å². The molecule has 2 aliphatic carbocycles. The van der Waals surface area contributed by atoms with Crippen LogP contribution >= 0.6 is 11.6 Å². The normalized spacial score (nSPS) is 20.2. The van der Waals surface area contributed by atoms with Crippen LogP contribution in [0.4, 0.5) is 0 Å². The van der Waals surface area contributed by atoms with Gasteiger partial charge in [0, 0.05) is 6.07 Å². The molecule has 2 aliphatic rings. The van der Waals surface area contributed by atoms with Gasteiger partial charge in [-0.15, -0.1) is 0 Å². The van der Waals surface area contributed by atoms with Crippen LogP contribution in [-0.2, 0) is 9.53 Å². The molecule has 0 unspecified atom stereocenters. The molecule has 6 nitrogen and oxygen atoms in total. The van der Waals surface area contributed by atoms with E-state index >= 15 is 0 Å². The van der Waals surface area contributed by atoms with Gasteiger partial charge in [0.1, 0.15) is 18.1 Å². The lowest BCUT2D eigenvalue weighted by molar-refractivity contribution is -0.151. The average Bonchev–Trinajstić information content (AvgIpc) is 3.58. The maximum atomic E-state index is 12.6. The standard InChI is InChI=1S/C25H23ClO6/c26-20-3-1-2-18-21(27)13-23(32-24(18)20)19-7-6-15(14-4-5-14)12-22(19)31-9-8-30-17-10-16(11-17)25(28)29/h1-3,6-7,12-14,16-17H,4-5,8-11H2,(H,28,29)/t16-,17+. The van der Waals surface area contributed by atoms with Crippen molar-refractivity contribution in [2.75, 3.05) is 13.2 Å². The van der Waals surface area contributed by atoms with Gasteiger partial charge < -0.3 is 19.0 Å². The zero-order chi connectivity index (χ0) is 22.2. The molecule has 0 spiro atoms. The molecule has 0 bridgehead atoms.